The van der Waals surface area contributed by atoms with Crippen LogP contribution < -0.4 is 10.6 Å². The number of nitrogens with zero attached hydrogens (tertiary/aromatic N) is 5. The largest absolute Gasteiger partial charge is 0.351 e. The van der Waals surface area contributed by atoms with Crippen molar-refractivity contribution >= 4 is 11.6 Å². The molecule has 3 aromatic heterocycles. The Kier molecular flexibility index (Phi) is 6.89. The first-order valence-corrected chi connectivity index (χ1v) is 13.7. The third kappa shape index (κ3) is 5.38. The maximum absolute atomic E-state index is 4.98. The zero-order chi connectivity index (χ0) is 25.2. The van der Waals surface area contributed by atoms with E-state index in [1.807, 2.05) is 18.5 Å². The molecule has 0 amide bonds. The lowest BCUT2D eigenvalue weighted by Crippen LogP contribution is -2.47. The van der Waals surface area contributed by atoms with E-state index in [4.69, 9.17) is 4.98 Å². The number of pyridine rings is 1. The van der Waals surface area contributed by atoms with Crippen LogP contribution in [0.1, 0.15) is 44.1 Å². The van der Waals surface area contributed by atoms with Crippen LogP contribution in [0.15, 0.2) is 61.1 Å². The van der Waals surface area contributed by atoms with Crippen LogP contribution in [-0.4, -0.2) is 62.5 Å². The SMILES string of the molecule is Cc1cnc(N[C@H]2CC[C@H](NC3CCN(C)CC3)CC2)nc1-c1cnc2ccc(-c3ccccc3)cn12. The Hall–Kier alpha value is -3.29. The fraction of sp³-hybridized carbons (Fsp3) is 0.433. The van der Waals surface area contributed by atoms with Gasteiger partial charge in [0.05, 0.1) is 17.6 Å². The third-order valence-electron chi connectivity index (χ3n) is 8.08. The van der Waals surface area contributed by atoms with Gasteiger partial charge in [-0.25, -0.2) is 15.0 Å². The number of imidazole rings is 1. The van der Waals surface area contributed by atoms with Crippen molar-refractivity contribution in [2.45, 2.75) is 63.6 Å². The molecule has 7 nitrogen and oxygen atoms in total. The summed E-state index contributed by atoms with van der Waals surface area (Å²) < 4.78 is 2.14. The van der Waals surface area contributed by atoms with Gasteiger partial charge in [0.2, 0.25) is 5.95 Å². The molecule has 4 aromatic rings. The number of likely N-dealkylation sites (tertiary alicyclic amines) is 1. The molecule has 2 N–H and O–H groups in total. The minimum Gasteiger partial charge on any atom is -0.351 e. The second kappa shape index (κ2) is 10.6. The standard InChI is InChI=1S/C30H37N7/c1-21-18-32-30(34-25-11-9-24(10-12-25)33-26-14-16-36(2)17-15-26)35-29(21)27-19-31-28-13-8-23(20-37(27)28)22-6-4-3-5-7-22/h3-8,13,18-20,24-26,33H,9-12,14-17H2,1-2H3,(H,32,34,35)/t24-,25-. The van der Waals surface area contributed by atoms with Crippen LogP contribution >= 0.6 is 0 Å². The molecular formula is C30H37N7. The molecule has 0 atom stereocenters. The van der Waals surface area contributed by atoms with E-state index in [-0.39, 0.29) is 0 Å². The summed E-state index contributed by atoms with van der Waals surface area (Å²) in [6.07, 6.45) is 13.2. The van der Waals surface area contributed by atoms with Gasteiger partial charge >= 0.3 is 0 Å². The monoisotopic (exact) mass is 495 g/mol. The van der Waals surface area contributed by atoms with Crippen molar-refractivity contribution in [3.63, 3.8) is 0 Å². The summed E-state index contributed by atoms with van der Waals surface area (Å²) in [7, 11) is 2.23. The summed E-state index contributed by atoms with van der Waals surface area (Å²) in [6, 6.07) is 16.4. The molecule has 4 heterocycles. The first kappa shape index (κ1) is 24.1. The zero-order valence-corrected chi connectivity index (χ0v) is 21.9. The Morgan fingerprint density at radius 2 is 1.51 bits per heavy atom. The maximum atomic E-state index is 4.98. The molecule has 2 fully saturated rings. The first-order valence-electron chi connectivity index (χ1n) is 13.7. The predicted octanol–water partition coefficient (Wildman–Crippen LogP) is 5.17. The molecule has 192 valence electrons. The van der Waals surface area contributed by atoms with Gasteiger partial charge in [0.25, 0.3) is 0 Å². The second-order valence-corrected chi connectivity index (χ2v) is 10.8. The van der Waals surface area contributed by atoms with Crippen molar-refractivity contribution < 1.29 is 0 Å². The van der Waals surface area contributed by atoms with Gasteiger partial charge in [0.1, 0.15) is 5.65 Å². The summed E-state index contributed by atoms with van der Waals surface area (Å²) >= 11 is 0. The van der Waals surface area contributed by atoms with Gasteiger partial charge in [-0.2, -0.15) is 0 Å². The Bertz CT molecular complexity index is 1330. The number of aromatic nitrogens is 4. The molecule has 1 saturated heterocycles. The van der Waals surface area contributed by atoms with E-state index >= 15 is 0 Å². The van der Waals surface area contributed by atoms with E-state index in [1.165, 1.54) is 44.3 Å². The molecule has 1 aliphatic carbocycles. The molecule has 37 heavy (non-hydrogen) atoms. The van der Waals surface area contributed by atoms with E-state index in [1.54, 1.807) is 0 Å². The topological polar surface area (TPSA) is 70.4 Å². The number of aryl methyl sites for hydroxylation is 1. The molecule has 2 aliphatic rings. The molecule has 0 bridgehead atoms. The van der Waals surface area contributed by atoms with Gasteiger partial charge in [0, 0.05) is 30.5 Å². The average Bonchev–Trinajstić information content (AvgIpc) is 3.36. The smallest absolute Gasteiger partial charge is 0.223 e. The zero-order valence-electron chi connectivity index (χ0n) is 21.9. The van der Waals surface area contributed by atoms with Crippen molar-refractivity contribution in [1.82, 2.24) is 29.6 Å². The van der Waals surface area contributed by atoms with Crippen LogP contribution in [0.2, 0.25) is 0 Å². The van der Waals surface area contributed by atoms with E-state index in [0.717, 1.165) is 41.0 Å². The van der Waals surface area contributed by atoms with Gasteiger partial charge in [-0.15, -0.1) is 0 Å². The minimum absolute atomic E-state index is 0.415. The molecule has 1 saturated carbocycles. The lowest BCUT2D eigenvalue weighted by Gasteiger charge is -2.35. The minimum atomic E-state index is 0.415. The summed E-state index contributed by atoms with van der Waals surface area (Å²) in [5, 5.41) is 7.58. The molecule has 6 rings (SSSR count). The normalized spacial score (nSPS) is 21.4. The molecule has 1 aliphatic heterocycles. The summed E-state index contributed by atoms with van der Waals surface area (Å²) in [5.74, 6) is 0.710. The van der Waals surface area contributed by atoms with Crippen LogP contribution in [0.3, 0.4) is 0 Å². The van der Waals surface area contributed by atoms with Gasteiger partial charge in [-0.3, -0.25) is 4.40 Å². The van der Waals surface area contributed by atoms with Crippen molar-refractivity contribution in [2.24, 2.45) is 0 Å². The maximum Gasteiger partial charge on any atom is 0.223 e. The fourth-order valence-electron chi connectivity index (χ4n) is 5.82. The van der Waals surface area contributed by atoms with Gasteiger partial charge in [0.15, 0.2) is 0 Å². The molecule has 0 unspecified atom stereocenters. The lowest BCUT2D eigenvalue weighted by molar-refractivity contribution is 0.211. The van der Waals surface area contributed by atoms with Gasteiger partial charge < -0.3 is 15.5 Å². The second-order valence-electron chi connectivity index (χ2n) is 10.8. The van der Waals surface area contributed by atoms with E-state index < -0.39 is 0 Å². The number of anilines is 1. The van der Waals surface area contributed by atoms with Crippen LogP contribution in [0.5, 0.6) is 0 Å². The van der Waals surface area contributed by atoms with Crippen molar-refractivity contribution in [1.29, 1.82) is 0 Å². The molecule has 1 aromatic carbocycles. The van der Waals surface area contributed by atoms with Crippen LogP contribution in [0.25, 0.3) is 28.2 Å². The first-order chi connectivity index (χ1) is 18.1. The Labute approximate surface area is 219 Å². The number of hydrogen-bond acceptors (Lipinski definition) is 6. The summed E-state index contributed by atoms with van der Waals surface area (Å²) in [6.45, 7) is 4.49. The highest BCUT2D eigenvalue weighted by Gasteiger charge is 2.25. The average molecular weight is 496 g/mol. The Balaban J connectivity index is 1.15. The van der Waals surface area contributed by atoms with Gasteiger partial charge in [-0.05, 0) is 94.4 Å². The number of piperidine rings is 1. The third-order valence-corrected chi connectivity index (χ3v) is 8.08. The fourth-order valence-corrected chi connectivity index (χ4v) is 5.82. The Morgan fingerprint density at radius 3 is 2.30 bits per heavy atom. The number of hydrogen-bond donors (Lipinski definition) is 2. The highest BCUT2D eigenvalue weighted by molar-refractivity contribution is 5.69. The quantitative estimate of drug-likeness (QED) is 0.384. The molecule has 0 spiro atoms. The van der Waals surface area contributed by atoms with Crippen molar-refractivity contribution in [3.05, 3.63) is 66.6 Å². The summed E-state index contributed by atoms with van der Waals surface area (Å²) in [5.41, 5.74) is 6.21. The highest BCUT2D eigenvalue weighted by atomic mass is 15.1. The number of rotatable bonds is 6. The number of benzene rings is 1. The van der Waals surface area contributed by atoms with E-state index in [2.05, 4.69) is 86.5 Å². The molecular weight excluding hydrogens is 458 g/mol. The Morgan fingerprint density at radius 1 is 0.784 bits per heavy atom. The van der Waals surface area contributed by atoms with E-state index in [0.29, 0.717) is 24.1 Å². The molecule has 7 heteroatoms. The van der Waals surface area contributed by atoms with E-state index in [9.17, 15) is 0 Å². The highest BCUT2D eigenvalue weighted by Crippen LogP contribution is 2.28. The van der Waals surface area contributed by atoms with Crippen LogP contribution in [-0.2, 0) is 0 Å². The number of nitrogens with one attached hydrogen (secondary N) is 2. The van der Waals surface area contributed by atoms with Crippen LogP contribution in [0.4, 0.5) is 5.95 Å². The molecule has 0 radical (unpaired) electrons. The predicted molar refractivity (Wildman–Crippen MR) is 150 cm³/mol. The van der Waals surface area contributed by atoms with Crippen molar-refractivity contribution in [2.75, 3.05) is 25.5 Å². The van der Waals surface area contributed by atoms with Crippen LogP contribution in [0, 0.1) is 6.92 Å². The summed E-state index contributed by atoms with van der Waals surface area (Å²) in [4.78, 5) is 16.7. The number of fused-ring (bicyclic) bond motifs is 1. The lowest BCUT2D eigenvalue weighted by atomic mass is 9.90. The van der Waals surface area contributed by atoms with Crippen molar-refractivity contribution in [3.8, 4) is 22.5 Å². The van der Waals surface area contributed by atoms with Gasteiger partial charge in [-0.1, -0.05) is 30.3 Å².